The molecule has 0 bridgehead atoms. The molecule has 4 aliphatic carbocycles. The maximum Gasteiger partial charge on any atom is 0.0213 e. The van der Waals surface area contributed by atoms with Crippen molar-refractivity contribution in [3.8, 4) is 0 Å². The third kappa shape index (κ3) is 38.7. The molecule has 0 heterocycles. The minimum Gasteiger partial charge on any atom is -1.00 e. The Morgan fingerprint density at radius 3 is 0.714 bits per heavy atom. The van der Waals surface area contributed by atoms with Gasteiger partial charge in [0.05, 0.1) is 0 Å². The van der Waals surface area contributed by atoms with Crippen molar-refractivity contribution in [2.75, 3.05) is 0 Å². The van der Waals surface area contributed by atoms with Crippen LogP contribution in [0.4, 0.5) is 0 Å². The molecule has 0 saturated carbocycles. The van der Waals surface area contributed by atoms with Crippen LogP contribution in [0.1, 0.15) is 105 Å². The Balaban J connectivity index is -0.0000000939. The van der Waals surface area contributed by atoms with E-state index in [0.29, 0.717) is 0 Å². The third-order valence-corrected chi connectivity index (χ3v) is 5.14. The second-order valence-electron chi connectivity index (χ2n) is 9.39. The van der Waals surface area contributed by atoms with Gasteiger partial charge in [0.15, 0.2) is 0 Å². The van der Waals surface area contributed by atoms with Crippen molar-refractivity contribution in [1.29, 1.82) is 0 Å². The van der Waals surface area contributed by atoms with Gasteiger partial charge in [-0.3, -0.25) is 24.3 Å². The van der Waals surface area contributed by atoms with Gasteiger partial charge >= 0.3 is 0 Å². The van der Waals surface area contributed by atoms with E-state index in [1.54, 1.807) is 0 Å². The van der Waals surface area contributed by atoms with E-state index < -0.39 is 0 Å². The van der Waals surface area contributed by atoms with E-state index in [4.69, 9.17) is 0 Å². The summed E-state index contributed by atoms with van der Waals surface area (Å²) in [5, 5.41) is 0. The van der Waals surface area contributed by atoms with Gasteiger partial charge in [-0.2, -0.15) is 24.3 Å². The Hall–Kier alpha value is 0.674. The van der Waals surface area contributed by atoms with E-state index >= 15 is 0 Å². The Labute approximate surface area is 318 Å². The van der Waals surface area contributed by atoms with Crippen LogP contribution in [0.3, 0.4) is 0 Å². The smallest absolute Gasteiger partial charge is 0.0213 e. The van der Waals surface area contributed by atoms with Crippen LogP contribution >= 0.6 is 0 Å². The zero-order valence-corrected chi connectivity index (χ0v) is 39.0. The number of hydrogen-bond donors (Lipinski definition) is 0. The fourth-order valence-electron chi connectivity index (χ4n) is 3.56. The number of halogens is 2. The predicted octanol–water partition coefficient (Wildman–Crippen LogP) is 4.95. The van der Waals surface area contributed by atoms with Gasteiger partial charge in [0, 0.05) is 70.7 Å². The van der Waals surface area contributed by atoms with Gasteiger partial charge in [-0.25, -0.2) is 46.6 Å². The fraction of sp³-hybridized carbons (Fsp3) is 0.556. The van der Waals surface area contributed by atoms with E-state index in [0.717, 1.165) is 44.7 Å². The molecule has 0 aromatic carbocycles. The molecule has 0 saturated heterocycles. The molecule has 238 valence electrons. The topological polar surface area (TPSA) is 0 Å². The van der Waals surface area contributed by atoms with Crippen LogP contribution in [0.5, 0.6) is 0 Å². The standard InChI is InChI=1S/4C8H11.2C2H7Si.2ClH.2Hf/c4*1-2-5-8-6-3-4-7-8;2*1-3-2;;;;/h4*3,6H,2,4-5H2,1H3;2*3H,1-2H3;2*1H;;/q4*-1;;;;;;/p-2. The van der Waals surface area contributed by atoms with Gasteiger partial charge in [0.1, 0.15) is 0 Å². The molecule has 0 aromatic heterocycles. The largest absolute Gasteiger partial charge is 1.00 e. The van der Waals surface area contributed by atoms with Crippen LogP contribution in [0.2, 0.25) is 26.2 Å². The van der Waals surface area contributed by atoms with Crippen molar-refractivity contribution >= 4 is 19.0 Å². The molecule has 4 aliphatic rings. The molecule has 0 nitrogen and oxygen atoms in total. The number of rotatable bonds is 8. The van der Waals surface area contributed by atoms with Crippen molar-refractivity contribution in [1.82, 2.24) is 0 Å². The molecular weight excluding hydrogens is 916 g/mol. The Bertz CT molecular complexity index is 662. The van der Waals surface area contributed by atoms with Crippen LogP contribution in [0.25, 0.3) is 0 Å². The Morgan fingerprint density at radius 2 is 0.619 bits per heavy atom. The van der Waals surface area contributed by atoms with Gasteiger partial charge in [0.2, 0.25) is 0 Å². The predicted molar refractivity (Wildman–Crippen MR) is 179 cm³/mol. The van der Waals surface area contributed by atoms with Crippen molar-refractivity contribution < 1.29 is 76.5 Å². The summed E-state index contributed by atoms with van der Waals surface area (Å²) in [7, 11) is 1.50. The average molecular weight is 975 g/mol. The third-order valence-electron chi connectivity index (χ3n) is 5.14. The first-order valence-electron chi connectivity index (χ1n) is 15.1. The second-order valence-corrected chi connectivity index (χ2v) is 11.7. The summed E-state index contributed by atoms with van der Waals surface area (Å²) in [6.07, 6.45) is 44.3. The minimum absolute atomic E-state index is 0. The zero-order valence-electron chi connectivity index (χ0n) is 28.0. The van der Waals surface area contributed by atoms with Crippen molar-refractivity contribution in [3.63, 3.8) is 0 Å². The first-order valence-corrected chi connectivity index (χ1v) is 19.7. The zero-order chi connectivity index (χ0) is 28.7. The van der Waals surface area contributed by atoms with Gasteiger partial charge < -0.3 is 24.8 Å². The molecule has 2 radical (unpaired) electrons. The summed E-state index contributed by atoms with van der Waals surface area (Å²) in [5.74, 6) is 0. The summed E-state index contributed by atoms with van der Waals surface area (Å²) in [6.45, 7) is 17.6. The molecule has 0 unspecified atom stereocenters. The van der Waals surface area contributed by atoms with Gasteiger partial charge in [0.25, 0.3) is 0 Å². The average Bonchev–Trinajstić information content (AvgIpc) is 3.71. The maximum atomic E-state index is 3.26. The molecule has 6 heteroatoms. The second kappa shape index (κ2) is 46.1. The molecule has 0 aliphatic heterocycles. The quantitative estimate of drug-likeness (QED) is 0.239. The first kappa shape index (κ1) is 55.1. The van der Waals surface area contributed by atoms with E-state index in [9.17, 15) is 0 Å². The monoisotopic (exact) mass is 976 g/mol. The van der Waals surface area contributed by atoms with Crippen molar-refractivity contribution in [3.05, 3.63) is 95.2 Å². The summed E-state index contributed by atoms with van der Waals surface area (Å²) < 4.78 is 0. The van der Waals surface area contributed by atoms with Crippen LogP contribution in [-0.4, -0.2) is 19.0 Å². The van der Waals surface area contributed by atoms with E-state index in [1.807, 2.05) is 0 Å². The van der Waals surface area contributed by atoms with E-state index in [1.165, 1.54) is 73.7 Å². The van der Waals surface area contributed by atoms with E-state index in [2.05, 4.69) is 127 Å². The maximum absolute atomic E-state index is 3.26. The summed E-state index contributed by atoms with van der Waals surface area (Å²) in [4.78, 5) is 0. The Kier molecular flexibility index (Phi) is 60.5. The molecule has 42 heavy (non-hydrogen) atoms. The van der Waals surface area contributed by atoms with Crippen molar-refractivity contribution in [2.45, 2.75) is 131 Å². The minimum atomic E-state index is 0. The summed E-state index contributed by atoms with van der Waals surface area (Å²) >= 11 is 0. The van der Waals surface area contributed by atoms with E-state index in [-0.39, 0.29) is 76.5 Å². The van der Waals surface area contributed by atoms with Crippen LogP contribution in [0, 0.1) is 24.3 Å². The van der Waals surface area contributed by atoms with Crippen LogP contribution in [0.15, 0.2) is 70.9 Å². The molecule has 0 atom stereocenters. The number of allylic oxidation sites excluding steroid dienone is 16. The molecule has 0 fully saturated rings. The van der Waals surface area contributed by atoms with Crippen LogP contribution in [-0.2, 0) is 51.7 Å². The molecule has 0 N–H and O–H groups in total. The van der Waals surface area contributed by atoms with Crippen molar-refractivity contribution in [2.24, 2.45) is 0 Å². The molecule has 0 spiro atoms. The summed E-state index contributed by atoms with van der Waals surface area (Å²) in [5.41, 5.74) is 5.58. The molecule has 0 aromatic rings. The van der Waals surface area contributed by atoms with Gasteiger partial charge in [-0.15, -0.1) is 25.7 Å². The summed E-state index contributed by atoms with van der Waals surface area (Å²) in [6, 6.07) is 0. The van der Waals surface area contributed by atoms with Gasteiger partial charge in [-0.05, 0) is 0 Å². The van der Waals surface area contributed by atoms with Gasteiger partial charge in [-0.1, -0.05) is 105 Å². The molecule has 0 amide bonds. The number of hydrogen-bond acceptors (Lipinski definition) is 0. The molecule has 4 rings (SSSR count). The normalized spacial score (nSPS) is 13.7. The first-order chi connectivity index (χ1) is 18.6. The van der Waals surface area contributed by atoms with Crippen LogP contribution < -0.4 is 24.8 Å². The SMILES string of the molecule is CCCC1=[C-]CC=C1.CCCC1=[C-]CC=C1.CCCC1=[C-]CC=C1.CCCC1=[C-]CC=C1.C[SiH]C.C[SiH]C.[Cl-].[Cl-].[Hf].[Hf]. The fourth-order valence-corrected chi connectivity index (χ4v) is 3.56. The Morgan fingerprint density at radius 1 is 0.452 bits per heavy atom. The molecular formula is C36H58Cl2Hf2Si2-6.